The number of hydrogen-bond donors (Lipinski definition) is 1. The molecule has 3 rings (SSSR count). The Hall–Kier alpha value is -0.680. The van der Waals surface area contributed by atoms with Gasteiger partial charge in [-0.1, -0.05) is 27.7 Å². The van der Waals surface area contributed by atoms with Crippen LogP contribution in [-0.2, 0) is 0 Å². The van der Waals surface area contributed by atoms with Crippen LogP contribution in [-0.4, -0.2) is 14.5 Å². The summed E-state index contributed by atoms with van der Waals surface area (Å²) >= 11 is 8.91. The molecule has 1 saturated carbocycles. The third-order valence-corrected chi connectivity index (χ3v) is 5.46. The van der Waals surface area contributed by atoms with Gasteiger partial charge in [-0.3, -0.25) is 4.57 Å². The van der Waals surface area contributed by atoms with E-state index in [-0.39, 0.29) is 10.8 Å². The van der Waals surface area contributed by atoms with Gasteiger partial charge in [-0.15, -0.1) is 0 Å². The Morgan fingerprint density at radius 3 is 2.50 bits per heavy atom. The molecular formula is C13H16BrN3S. The number of nitrogens with zero attached hydrogens (tertiary/aromatic N) is 2. The lowest BCUT2D eigenvalue weighted by atomic mass is 10.0. The standard InChI is InChI=1S/C13H16BrN3S/c1-12(2)10(13(12,3)4)17-9-8(16-11(17)18)5-7(14)6-15-9/h5-6,10H,1-4H3,(H,16,18). The third-order valence-electron chi connectivity index (χ3n) is 4.72. The first-order valence-corrected chi connectivity index (χ1v) is 7.22. The van der Waals surface area contributed by atoms with Gasteiger partial charge in [0.1, 0.15) is 0 Å². The van der Waals surface area contributed by atoms with Gasteiger partial charge in [0.05, 0.1) is 5.52 Å². The molecule has 1 aliphatic carbocycles. The molecule has 0 bridgehead atoms. The Morgan fingerprint density at radius 2 is 1.94 bits per heavy atom. The minimum Gasteiger partial charge on any atom is -0.329 e. The van der Waals surface area contributed by atoms with E-state index in [9.17, 15) is 0 Å². The molecule has 1 aliphatic rings. The fraction of sp³-hybridized carbons (Fsp3) is 0.538. The van der Waals surface area contributed by atoms with Crippen LogP contribution in [0.5, 0.6) is 0 Å². The lowest BCUT2D eigenvalue weighted by Crippen LogP contribution is -2.01. The van der Waals surface area contributed by atoms with E-state index in [1.165, 1.54) is 0 Å². The van der Waals surface area contributed by atoms with E-state index >= 15 is 0 Å². The van der Waals surface area contributed by atoms with Crippen molar-refractivity contribution < 1.29 is 0 Å². The lowest BCUT2D eigenvalue weighted by molar-refractivity contribution is 0.457. The van der Waals surface area contributed by atoms with Crippen molar-refractivity contribution in [2.75, 3.05) is 0 Å². The van der Waals surface area contributed by atoms with Gasteiger partial charge in [0, 0.05) is 16.7 Å². The minimum absolute atomic E-state index is 0.245. The Bertz CT molecular complexity index is 682. The quantitative estimate of drug-likeness (QED) is 0.785. The van der Waals surface area contributed by atoms with Gasteiger partial charge in [0.15, 0.2) is 10.4 Å². The lowest BCUT2D eigenvalue weighted by Gasteiger charge is -2.05. The fourth-order valence-electron chi connectivity index (χ4n) is 3.03. The number of halogens is 1. The van der Waals surface area contributed by atoms with Crippen LogP contribution in [0.4, 0.5) is 0 Å². The van der Waals surface area contributed by atoms with Crippen LogP contribution in [0.15, 0.2) is 16.7 Å². The second-order valence-electron chi connectivity index (χ2n) is 6.17. The van der Waals surface area contributed by atoms with Crippen molar-refractivity contribution in [1.29, 1.82) is 0 Å². The highest BCUT2D eigenvalue weighted by molar-refractivity contribution is 9.10. The van der Waals surface area contributed by atoms with Gasteiger partial charge in [-0.05, 0) is 45.0 Å². The number of fused-ring (bicyclic) bond motifs is 1. The van der Waals surface area contributed by atoms with Gasteiger partial charge in [0.2, 0.25) is 0 Å². The Kier molecular flexibility index (Phi) is 2.37. The predicted molar refractivity (Wildman–Crippen MR) is 79.2 cm³/mol. The summed E-state index contributed by atoms with van der Waals surface area (Å²) in [4.78, 5) is 7.76. The first-order valence-electron chi connectivity index (χ1n) is 6.02. The van der Waals surface area contributed by atoms with Gasteiger partial charge in [-0.2, -0.15) is 0 Å². The molecule has 5 heteroatoms. The molecule has 0 atom stereocenters. The molecule has 0 aliphatic heterocycles. The second-order valence-corrected chi connectivity index (χ2v) is 7.47. The zero-order valence-corrected chi connectivity index (χ0v) is 13.3. The maximum atomic E-state index is 5.47. The number of aromatic amines is 1. The van der Waals surface area contributed by atoms with E-state index in [0.717, 1.165) is 20.4 Å². The maximum Gasteiger partial charge on any atom is 0.179 e. The molecule has 0 saturated heterocycles. The molecular weight excluding hydrogens is 310 g/mol. The van der Waals surface area contributed by atoms with Crippen LogP contribution in [0.2, 0.25) is 0 Å². The highest BCUT2D eigenvalue weighted by Gasteiger charge is 2.66. The van der Waals surface area contributed by atoms with Gasteiger partial charge >= 0.3 is 0 Å². The fourth-order valence-corrected chi connectivity index (χ4v) is 3.67. The Morgan fingerprint density at radius 1 is 1.33 bits per heavy atom. The van der Waals surface area contributed by atoms with E-state index in [1.54, 1.807) is 0 Å². The number of nitrogens with one attached hydrogen (secondary N) is 1. The first kappa shape index (κ1) is 12.4. The van der Waals surface area contributed by atoms with E-state index in [1.807, 2.05) is 12.3 Å². The van der Waals surface area contributed by atoms with Gasteiger partial charge < -0.3 is 4.98 Å². The number of pyridine rings is 1. The van der Waals surface area contributed by atoms with Crippen LogP contribution < -0.4 is 0 Å². The predicted octanol–water partition coefficient (Wildman–Crippen LogP) is 4.46. The maximum absolute atomic E-state index is 5.47. The summed E-state index contributed by atoms with van der Waals surface area (Å²) in [5, 5.41) is 0. The minimum atomic E-state index is 0.245. The van der Waals surface area contributed by atoms with Crippen LogP contribution in [0, 0.1) is 15.6 Å². The molecule has 2 aromatic rings. The summed E-state index contributed by atoms with van der Waals surface area (Å²) in [5.41, 5.74) is 2.43. The zero-order chi connectivity index (χ0) is 13.3. The summed E-state index contributed by atoms with van der Waals surface area (Å²) in [5.74, 6) is 0. The van der Waals surface area contributed by atoms with E-state index in [4.69, 9.17) is 12.2 Å². The van der Waals surface area contributed by atoms with Crippen LogP contribution >= 0.6 is 28.1 Å². The normalized spacial score (nSPS) is 21.4. The van der Waals surface area contributed by atoms with Crippen LogP contribution in [0.1, 0.15) is 33.7 Å². The largest absolute Gasteiger partial charge is 0.329 e. The monoisotopic (exact) mass is 325 g/mol. The van der Waals surface area contributed by atoms with Crippen molar-refractivity contribution in [3.8, 4) is 0 Å². The number of hydrogen-bond acceptors (Lipinski definition) is 2. The van der Waals surface area contributed by atoms with Crippen molar-refractivity contribution >= 4 is 39.3 Å². The van der Waals surface area contributed by atoms with Gasteiger partial charge in [0.25, 0.3) is 0 Å². The molecule has 2 heterocycles. The molecule has 1 N–H and O–H groups in total. The van der Waals surface area contributed by atoms with E-state index in [2.05, 4.69) is 58.2 Å². The molecule has 1 fully saturated rings. The number of aromatic nitrogens is 3. The van der Waals surface area contributed by atoms with Crippen LogP contribution in [0.3, 0.4) is 0 Å². The molecule has 0 amide bonds. The molecule has 3 nitrogen and oxygen atoms in total. The molecule has 0 aromatic carbocycles. The average Bonchev–Trinajstić information content (AvgIpc) is 2.52. The molecule has 0 radical (unpaired) electrons. The number of rotatable bonds is 1. The second kappa shape index (κ2) is 3.45. The molecule has 2 aromatic heterocycles. The molecule has 0 spiro atoms. The first-order chi connectivity index (χ1) is 8.26. The van der Waals surface area contributed by atoms with Crippen molar-refractivity contribution in [2.24, 2.45) is 10.8 Å². The van der Waals surface area contributed by atoms with Gasteiger partial charge in [-0.25, -0.2) is 4.98 Å². The smallest absolute Gasteiger partial charge is 0.179 e. The van der Waals surface area contributed by atoms with Crippen molar-refractivity contribution in [3.63, 3.8) is 0 Å². The third kappa shape index (κ3) is 1.40. The Labute approximate surface area is 120 Å². The topological polar surface area (TPSA) is 33.6 Å². The summed E-state index contributed by atoms with van der Waals surface area (Å²) in [6.45, 7) is 9.16. The summed E-state index contributed by atoms with van der Waals surface area (Å²) in [6, 6.07) is 2.43. The summed E-state index contributed by atoms with van der Waals surface area (Å²) < 4.78 is 3.91. The van der Waals surface area contributed by atoms with Crippen molar-refractivity contribution in [3.05, 3.63) is 21.5 Å². The highest BCUT2D eigenvalue weighted by atomic mass is 79.9. The van der Waals surface area contributed by atoms with E-state index in [0.29, 0.717) is 6.04 Å². The van der Waals surface area contributed by atoms with Crippen LogP contribution in [0.25, 0.3) is 11.2 Å². The zero-order valence-electron chi connectivity index (χ0n) is 10.9. The van der Waals surface area contributed by atoms with E-state index < -0.39 is 0 Å². The van der Waals surface area contributed by atoms with Crippen molar-refractivity contribution in [1.82, 2.24) is 14.5 Å². The Balaban J connectivity index is 2.26. The number of imidazole rings is 1. The SMILES string of the molecule is CC1(C)C(n2c(=S)[nH]c3cc(Br)cnc32)C1(C)C. The van der Waals surface area contributed by atoms with Crippen molar-refractivity contribution in [2.45, 2.75) is 33.7 Å². The summed E-state index contributed by atoms with van der Waals surface area (Å²) in [7, 11) is 0. The number of H-pyrrole nitrogens is 1. The summed E-state index contributed by atoms with van der Waals surface area (Å²) in [6.07, 6.45) is 1.82. The molecule has 0 unspecified atom stereocenters. The molecule has 96 valence electrons. The molecule has 18 heavy (non-hydrogen) atoms. The average molecular weight is 326 g/mol. The highest BCUT2D eigenvalue weighted by Crippen LogP contribution is 2.71.